The number of allylic oxidation sites excluding steroid dienone is 2. The first-order valence-corrected chi connectivity index (χ1v) is 18.7. The van der Waals surface area contributed by atoms with Gasteiger partial charge in [0.1, 0.15) is 0 Å². The van der Waals surface area contributed by atoms with Gasteiger partial charge in [-0.15, -0.1) is 0 Å². The average molecular weight is 575 g/mol. The van der Waals surface area contributed by atoms with E-state index in [1.54, 1.807) is 5.57 Å². The monoisotopic (exact) mass is 575 g/mol. The first-order chi connectivity index (χ1) is 19.4. The van der Waals surface area contributed by atoms with E-state index in [0.717, 1.165) is 35.5 Å². The first kappa shape index (κ1) is 38.7. The van der Waals surface area contributed by atoms with Crippen LogP contribution in [0.25, 0.3) is 0 Å². The van der Waals surface area contributed by atoms with Crippen molar-refractivity contribution >= 4 is 0 Å². The van der Waals surface area contributed by atoms with Crippen molar-refractivity contribution in [2.75, 3.05) is 0 Å². The zero-order valence-electron chi connectivity index (χ0n) is 30.2. The standard InChI is InChI=1S/C40H78O/c1-32(2)18-11-20-34(5)22-13-24-36(7)25-14-26-37(8)28-16-30-39-40(10,41-39)31-17-29-38(9)27-15-23-35(6)21-12-19-33(3)4/h28,32-36,38-39H,11-27,29-31H2,1-10H3. The summed E-state index contributed by atoms with van der Waals surface area (Å²) in [5.74, 6) is 5.31. The fourth-order valence-electron chi connectivity index (χ4n) is 6.95. The molecule has 1 fully saturated rings. The number of epoxide rings is 1. The van der Waals surface area contributed by atoms with Crippen molar-refractivity contribution in [3.8, 4) is 0 Å². The summed E-state index contributed by atoms with van der Waals surface area (Å²) < 4.78 is 6.20. The van der Waals surface area contributed by atoms with Gasteiger partial charge in [0, 0.05) is 0 Å². The summed E-state index contributed by atoms with van der Waals surface area (Å²) in [4.78, 5) is 0. The Morgan fingerprint density at radius 2 is 0.976 bits per heavy atom. The molecule has 1 aliphatic rings. The summed E-state index contributed by atoms with van der Waals surface area (Å²) in [5, 5.41) is 0. The molecular weight excluding hydrogens is 496 g/mol. The Hall–Kier alpha value is -0.300. The zero-order valence-corrected chi connectivity index (χ0v) is 30.2. The van der Waals surface area contributed by atoms with Crippen molar-refractivity contribution in [2.45, 2.75) is 209 Å². The van der Waals surface area contributed by atoms with Crippen molar-refractivity contribution in [1.29, 1.82) is 0 Å². The van der Waals surface area contributed by atoms with Crippen LogP contribution in [0.5, 0.6) is 0 Å². The minimum Gasteiger partial charge on any atom is -0.366 e. The Balaban J connectivity index is 2.04. The Morgan fingerprint density at radius 3 is 1.41 bits per heavy atom. The van der Waals surface area contributed by atoms with Gasteiger partial charge in [-0.25, -0.2) is 0 Å². The summed E-state index contributed by atoms with van der Waals surface area (Å²) in [6.07, 6.45) is 30.5. The fourth-order valence-corrected chi connectivity index (χ4v) is 6.95. The molecule has 0 spiro atoms. The summed E-state index contributed by atoms with van der Waals surface area (Å²) in [6.45, 7) is 24.0. The van der Waals surface area contributed by atoms with Gasteiger partial charge in [-0.1, -0.05) is 163 Å². The van der Waals surface area contributed by atoms with E-state index in [1.807, 2.05) is 0 Å². The molecule has 0 radical (unpaired) electrons. The van der Waals surface area contributed by atoms with Gasteiger partial charge < -0.3 is 4.74 Å². The van der Waals surface area contributed by atoms with Gasteiger partial charge in [0.05, 0.1) is 11.7 Å². The van der Waals surface area contributed by atoms with E-state index in [2.05, 4.69) is 75.3 Å². The molecular formula is C40H78O. The molecule has 6 unspecified atom stereocenters. The van der Waals surface area contributed by atoms with E-state index in [0.29, 0.717) is 6.10 Å². The maximum absolute atomic E-state index is 6.20. The minimum atomic E-state index is 0.174. The van der Waals surface area contributed by atoms with Crippen LogP contribution in [-0.2, 0) is 4.74 Å². The second kappa shape index (κ2) is 22.2. The number of ether oxygens (including phenoxy) is 1. The van der Waals surface area contributed by atoms with Crippen molar-refractivity contribution in [2.24, 2.45) is 35.5 Å². The third-order valence-corrected chi connectivity index (χ3v) is 10.3. The van der Waals surface area contributed by atoms with Gasteiger partial charge in [0.15, 0.2) is 0 Å². The molecule has 0 amide bonds. The summed E-state index contributed by atoms with van der Waals surface area (Å²) in [7, 11) is 0. The highest BCUT2D eigenvalue weighted by Gasteiger charge is 2.50. The first-order valence-electron chi connectivity index (χ1n) is 18.7. The lowest BCUT2D eigenvalue weighted by Crippen LogP contribution is -2.10. The molecule has 0 aromatic carbocycles. The van der Waals surface area contributed by atoms with Gasteiger partial charge in [0.25, 0.3) is 0 Å². The maximum atomic E-state index is 6.20. The van der Waals surface area contributed by atoms with Crippen LogP contribution in [0, 0.1) is 35.5 Å². The van der Waals surface area contributed by atoms with E-state index in [1.165, 1.54) is 128 Å². The molecule has 1 heteroatoms. The van der Waals surface area contributed by atoms with E-state index in [9.17, 15) is 0 Å². The third-order valence-electron chi connectivity index (χ3n) is 10.3. The third kappa shape index (κ3) is 21.1. The maximum Gasteiger partial charge on any atom is 0.0920 e. The zero-order chi connectivity index (χ0) is 30.7. The van der Waals surface area contributed by atoms with Crippen LogP contribution in [0.3, 0.4) is 0 Å². The van der Waals surface area contributed by atoms with Crippen molar-refractivity contribution < 1.29 is 4.74 Å². The lowest BCUT2D eigenvalue weighted by atomic mass is 9.90. The topological polar surface area (TPSA) is 12.5 Å². The Bertz CT molecular complexity index is 647. The summed E-state index contributed by atoms with van der Waals surface area (Å²) in [5.41, 5.74) is 1.77. The predicted octanol–water partition coefficient (Wildman–Crippen LogP) is 13.7. The molecule has 41 heavy (non-hydrogen) atoms. The lowest BCUT2D eigenvalue weighted by molar-refractivity contribution is 0.283. The molecule has 0 N–H and O–H groups in total. The Kier molecular flexibility index (Phi) is 21.0. The van der Waals surface area contributed by atoms with E-state index < -0.39 is 0 Å². The molecule has 6 atom stereocenters. The summed E-state index contributed by atoms with van der Waals surface area (Å²) >= 11 is 0. The van der Waals surface area contributed by atoms with Crippen LogP contribution in [0.4, 0.5) is 0 Å². The van der Waals surface area contributed by atoms with Crippen LogP contribution in [0.1, 0.15) is 198 Å². The van der Waals surface area contributed by atoms with Crippen molar-refractivity contribution in [1.82, 2.24) is 0 Å². The minimum absolute atomic E-state index is 0.174. The van der Waals surface area contributed by atoms with Gasteiger partial charge in [-0.3, -0.25) is 0 Å². The molecule has 0 aliphatic carbocycles. The smallest absolute Gasteiger partial charge is 0.0920 e. The molecule has 0 bridgehead atoms. The van der Waals surface area contributed by atoms with E-state index >= 15 is 0 Å². The molecule has 1 aliphatic heterocycles. The highest BCUT2D eigenvalue weighted by atomic mass is 16.6. The highest BCUT2D eigenvalue weighted by molar-refractivity contribution is 5.03. The van der Waals surface area contributed by atoms with Gasteiger partial charge in [-0.05, 0) is 81.5 Å². The number of hydrogen-bond acceptors (Lipinski definition) is 1. The number of hydrogen-bond donors (Lipinski definition) is 0. The van der Waals surface area contributed by atoms with Crippen LogP contribution in [0.2, 0.25) is 0 Å². The second-order valence-corrected chi connectivity index (χ2v) is 16.3. The SMILES string of the molecule is CC(=CCCC1OC1(C)CCCC(C)CCCC(C)CCCC(C)C)CCCC(C)CCCC(C)CCCC(C)C. The highest BCUT2D eigenvalue weighted by Crippen LogP contribution is 2.43. The molecule has 244 valence electrons. The lowest BCUT2D eigenvalue weighted by Gasteiger charge is -2.15. The van der Waals surface area contributed by atoms with Gasteiger partial charge >= 0.3 is 0 Å². The molecule has 1 rings (SSSR count). The number of rotatable bonds is 27. The molecule has 1 heterocycles. The molecule has 1 nitrogen and oxygen atoms in total. The van der Waals surface area contributed by atoms with E-state index in [4.69, 9.17) is 4.74 Å². The van der Waals surface area contributed by atoms with Crippen LogP contribution in [0.15, 0.2) is 11.6 Å². The quantitative estimate of drug-likeness (QED) is 0.0702. The van der Waals surface area contributed by atoms with Crippen LogP contribution >= 0.6 is 0 Å². The summed E-state index contributed by atoms with van der Waals surface area (Å²) in [6, 6.07) is 0. The normalized spacial score (nSPS) is 22.3. The second-order valence-electron chi connectivity index (χ2n) is 16.3. The van der Waals surface area contributed by atoms with Crippen molar-refractivity contribution in [3.05, 3.63) is 11.6 Å². The largest absolute Gasteiger partial charge is 0.366 e. The Morgan fingerprint density at radius 1 is 0.585 bits per heavy atom. The average Bonchev–Trinajstić information content (AvgIpc) is 3.52. The van der Waals surface area contributed by atoms with Gasteiger partial charge in [0.2, 0.25) is 0 Å². The van der Waals surface area contributed by atoms with Crippen LogP contribution in [-0.4, -0.2) is 11.7 Å². The fraction of sp³-hybridized carbons (Fsp3) is 0.950. The molecule has 0 saturated carbocycles. The molecule has 1 saturated heterocycles. The van der Waals surface area contributed by atoms with Gasteiger partial charge in [-0.2, -0.15) is 0 Å². The van der Waals surface area contributed by atoms with Crippen LogP contribution < -0.4 is 0 Å². The molecule has 0 aromatic rings. The van der Waals surface area contributed by atoms with E-state index in [-0.39, 0.29) is 5.60 Å². The van der Waals surface area contributed by atoms with Crippen molar-refractivity contribution in [3.63, 3.8) is 0 Å². The predicted molar refractivity (Wildman–Crippen MR) is 186 cm³/mol. The Labute approximate surface area is 260 Å². The molecule has 0 aromatic heterocycles.